The summed E-state index contributed by atoms with van der Waals surface area (Å²) >= 11 is 2.07. The Balaban J connectivity index is 2.23. The predicted molar refractivity (Wildman–Crippen MR) is 94.5 cm³/mol. The highest BCUT2D eigenvalue weighted by Crippen LogP contribution is 2.24. The molecular weight excluding hydrogens is 298 g/mol. The second-order valence-corrected chi connectivity index (χ2v) is 7.31. The van der Waals surface area contributed by atoms with E-state index in [4.69, 9.17) is 0 Å². The molecule has 1 rings (SSSR count). The first kappa shape index (κ1) is 19.1. The van der Waals surface area contributed by atoms with E-state index in [0.29, 0.717) is 17.6 Å². The molecule has 0 saturated carbocycles. The maximum Gasteiger partial charge on any atom is 0.305 e. The third kappa shape index (κ3) is 6.90. The topological polar surface area (TPSA) is 53.9 Å². The van der Waals surface area contributed by atoms with Gasteiger partial charge in [-0.2, -0.15) is 11.8 Å². The Morgan fingerprint density at radius 2 is 2.18 bits per heavy atom. The molecule has 22 heavy (non-hydrogen) atoms. The van der Waals surface area contributed by atoms with E-state index in [9.17, 15) is 4.79 Å². The van der Waals surface area contributed by atoms with Crippen molar-refractivity contribution in [3.63, 3.8) is 0 Å². The Morgan fingerprint density at radius 1 is 1.41 bits per heavy atom. The molecule has 1 aliphatic heterocycles. The van der Waals surface area contributed by atoms with Crippen LogP contribution in [-0.4, -0.2) is 61.6 Å². The molecule has 0 radical (unpaired) electrons. The molecule has 6 heteroatoms. The zero-order chi connectivity index (χ0) is 16.4. The highest BCUT2D eigenvalue weighted by Gasteiger charge is 2.24. The third-order valence-electron chi connectivity index (χ3n) is 3.92. The van der Waals surface area contributed by atoms with Crippen LogP contribution in [0.5, 0.6) is 0 Å². The van der Waals surface area contributed by atoms with E-state index in [-0.39, 0.29) is 5.97 Å². The number of hydrogen-bond donors (Lipinski definition) is 1. The Labute approximate surface area is 139 Å². The number of thioether (sulfide) groups is 1. The lowest BCUT2D eigenvalue weighted by Gasteiger charge is -2.36. The lowest BCUT2D eigenvalue weighted by molar-refractivity contribution is -0.140. The fourth-order valence-electron chi connectivity index (χ4n) is 2.48. The summed E-state index contributed by atoms with van der Waals surface area (Å²) in [5.41, 5.74) is 0. The van der Waals surface area contributed by atoms with Crippen LogP contribution in [-0.2, 0) is 9.53 Å². The quantitative estimate of drug-likeness (QED) is 0.336. The molecule has 128 valence electrons. The van der Waals surface area contributed by atoms with Crippen LogP contribution in [0, 0.1) is 5.92 Å². The van der Waals surface area contributed by atoms with Gasteiger partial charge in [0.1, 0.15) is 0 Å². The lowest BCUT2D eigenvalue weighted by atomic mass is 10.1. The molecule has 0 bridgehead atoms. The van der Waals surface area contributed by atoms with Gasteiger partial charge in [-0.1, -0.05) is 20.3 Å². The van der Waals surface area contributed by atoms with Gasteiger partial charge in [0, 0.05) is 44.1 Å². The van der Waals surface area contributed by atoms with Crippen molar-refractivity contribution in [2.45, 2.75) is 44.8 Å². The average molecular weight is 330 g/mol. The molecule has 1 aliphatic rings. The normalized spacial score (nSPS) is 19.4. The van der Waals surface area contributed by atoms with Crippen LogP contribution in [0.15, 0.2) is 4.99 Å². The average Bonchev–Trinajstić information content (AvgIpc) is 2.54. The van der Waals surface area contributed by atoms with Crippen LogP contribution in [0.4, 0.5) is 0 Å². The zero-order valence-electron chi connectivity index (χ0n) is 14.4. The fraction of sp³-hybridized carbons (Fsp3) is 0.875. The lowest BCUT2D eigenvalue weighted by Crippen LogP contribution is -2.49. The van der Waals surface area contributed by atoms with Gasteiger partial charge in [-0.25, -0.2) is 0 Å². The minimum absolute atomic E-state index is 0.116. The summed E-state index contributed by atoms with van der Waals surface area (Å²) in [7, 11) is 3.29. The van der Waals surface area contributed by atoms with Crippen molar-refractivity contribution < 1.29 is 9.53 Å². The van der Waals surface area contributed by atoms with Crippen LogP contribution in [0.25, 0.3) is 0 Å². The summed E-state index contributed by atoms with van der Waals surface area (Å²) in [6.07, 6.45) is 3.49. The maximum atomic E-state index is 11.0. The van der Waals surface area contributed by atoms with Gasteiger partial charge in [0.15, 0.2) is 5.96 Å². The summed E-state index contributed by atoms with van der Waals surface area (Å²) in [4.78, 5) is 17.8. The first-order chi connectivity index (χ1) is 10.6. The molecule has 1 atom stereocenters. The largest absolute Gasteiger partial charge is 0.469 e. The minimum atomic E-state index is -0.116. The predicted octanol–water partition coefficient (Wildman–Crippen LogP) is 2.37. The number of ether oxygens (including phenoxy) is 1. The van der Waals surface area contributed by atoms with E-state index in [2.05, 4.69) is 45.6 Å². The van der Waals surface area contributed by atoms with Crippen LogP contribution in [0.3, 0.4) is 0 Å². The van der Waals surface area contributed by atoms with E-state index in [1.165, 1.54) is 12.9 Å². The highest BCUT2D eigenvalue weighted by atomic mass is 32.2. The monoisotopic (exact) mass is 329 g/mol. The van der Waals surface area contributed by atoms with Gasteiger partial charge in [0.2, 0.25) is 0 Å². The summed E-state index contributed by atoms with van der Waals surface area (Å²) in [5, 5.41) is 4.14. The summed E-state index contributed by atoms with van der Waals surface area (Å²) in [6, 6.07) is 0. The van der Waals surface area contributed by atoms with Crippen molar-refractivity contribution in [1.29, 1.82) is 0 Å². The van der Waals surface area contributed by atoms with E-state index in [1.54, 1.807) is 0 Å². The summed E-state index contributed by atoms with van der Waals surface area (Å²) in [5.74, 6) is 2.76. The molecule has 0 aromatic rings. The smallest absolute Gasteiger partial charge is 0.305 e. The number of nitrogens with zero attached hydrogens (tertiary/aromatic N) is 2. The Bertz CT molecular complexity index is 361. The molecule has 0 aromatic carbocycles. The van der Waals surface area contributed by atoms with Crippen LogP contribution < -0.4 is 5.32 Å². The van der Waals surface area contributed by atoms with Crippen LogP contribution in [0.1, 0.15) is 39.5 Å². The van der Waals surface area contributed by atoms with E-state index in [1.807, 2.05) is 7.05 Å². The molecule has 0 amide bonds. The van der Waals surface area contributed by atoms with Crippen molar-refractivity contribution in [1.82, 2.24) is 10.2 Å². The number of rotatable bonds is 7. The van der Waals surface area contributed by atoms with E-state index >= 15 is 0 Å². The Morgan fingerprint density at radius 3 is 2.82 bits per heavy atom. The molecular formula is C16H31N3O2S. The molecule has 0 spiro atoms. The van der Waals surface area contributed by atoms with Crippen molar-refractivity contribution in [2.24, 2.45) is 10.9 Å². The zero-order valence-corrected chi connectivity index (χ0v) is 15.2. The molecule has 1 unspecified atom stereocenters. The first-order valence-corrected chi connectivity index (χ1v) is 9.27. The number of unbranched alkanes of at least 4 members (excludes halogenated alkanes) is 2. The number of nitrogens with one attached hydrogen (secondary N) is 1. The van der Waals surface area contributed by atoms with Gasteiger partial charge in [-0.3, -0.25) is 9.79 Å². The number of esters is 1. The second-order valence-electron chi connectivity index (χ2n) is 5.96. The number of carbonyl (C=O) groups excluding carboxylic acids is 1. The Kier molecular flexibility index (Phi) is 9.36. The van der Waals surface area contributed by atoms with Gasteiger partial charge in [0.05, 0.1) is 7.11 Å². The van der Waals surface area contributed by atoms with Crippen LogP contribution in [0.2, 0.25) is 0 Å². The molecule has 5 nitrogen and oxygen atoms in total. The fourth-order valence-corrected chi connectivity index (χ4v) is 3.78. The van der Waals surface area contributed by atoms with Gasteiger partial charge < -0.3 is 15.0 Å². The van der Waals surface area contributed by atoms with Crippen molar-refractivity contribution in [2.75, 3.05) is 39.5 Å². The molecule has 0 aromatic heterocycles. The minimum Gasteiger partial charge on any atom is -0.469 e. The molecule has 0 aliphatic carbocycles. The number of hydrogen-bond acceptors (Lipinski definition) is 4. The summed E-state index contributed by atoms with van der Waals surface area (Å²) < 4.78 is 4.64. The van der Waals surface area contributed by atoms with Gasteiger partial charge in [0.25, 0.3) is 0 Å². The third-order valence-corrected chi connectivity index (χ3v) is 5.46. The first-order valence-electron chi connectivity index (χ1n) is 8.22. The van der Waals surface area contributed by atoms with Crippen molar-refractivity contribution in [3.05, 3.63) is 0 Å². The van der Waals surface area contributed by atoms with Crippen molar-refractivity contribution >= 4 is 23.7 Å². The maximum absolute atomic E-state index is 11.0. The van der Waals surface area contributed by atoms with Gasteiger partial charge >= 0.3 is 5.97 Å². The molecule has 1 N–H and O–H groups in total. The van der Waals surface area contributed by atoms with Gasteiger partial charge in [-0.15, -0.1) is 0 Å². The molecule has 1 heterocycles. The molecule has 1 saturated heterocycles. The number of methoxy groups -OCH3 is 1. The van der Waals surface area contributed by atoms with E-state index in [0.717, 1.165) is 44.9 Å². The standard InChI is InChI=1S/C16H31N3O2S/c1-13(2)14-12-19(10-11-22-14)16(17-3)18-9-7-5-6-8-15(20)21-4/h13-14H,5-12H2,1-4H3,(H,17,18). The second kappa shape index (κ2) is 10.8. The van der Waals surface area contributed by atoms with Crippen molar-refractivity contribution in [3.8, 4) is 0 Å². The molecule has 1 fully saturated rings. The summed E-state index contributed by atoms with van der Waals surface area (Å²) in [6.45, 7) is 7.63. The Hall–Kier alpha value is -0.910. The number of guanidine groups is 1. The van der Waals surface area contributed by atoms with Gasteiger partial charge in [-0.05, 0) is 18.8 Å². The highest BCUT2D eigenvalue weighted by molar-refractivity contribution is 8.00. The van der Waals surface area contributed by atoms with Crippen LogP contribution >= 0.6 is 11.8 Å². The van der Waals surface area contributed by atoms with E-state index < -0.39 is 0 Å². The number of carbonyl (C=O) groups is 1. The number of aliphatic imine (C=N–C) groups is 1. The SMILES string of the molecule is CN=C(NCCCCCC(=O)OC)N1CCSC(C(C)C)C1.